The molecule has 0 aliphatic carbocycles. The maximum absolute atomic E-state index is 13.9. The summed E-state index contributed by atoms with van der Waals surface area (Å²) in [4.78, 5) is 28.6. The molecule has 0 bridgehead atoms. The molecule has 6 N–H and O–H groups in total. The first-order valence-corrected chi connectivity index (χ1v) is 15.9. The van der Waals surface area contributed by atoms with Gasteiger partial charge in [-0.15, -0.1) is 0 Å². The van der Waals surface area contributed by atoms with Gasteiger partial charge in [0.2, 0.25) is 11.8 Å². The van der Waals surface area contributed by atoms with Gasteiger partial charge in [-0.1, -0.05) is 78.3 Å². The van der Waals surface area contributed by atoms with Crippen molar-refractivity contribution in [2.75, 3.05) is 26.2 Å². The van der Waals surface area contributed by atoms with Gasteiger partial charge in [-0.05, 0) is 76.8 Å². The fourth-order valence-corrected chi connectivity index (χ4v) is 6.29. The third-order valence-corrected chi connectivity index (χ3v) is 8.65. The molecule has 0 aromatic heterocycles. The Morgan fingerprint density at radius 1 is 1.09 bits per heavy atom. The fourth-order valence-electron chi connectivity index (χ4n) is 5.24. The number of halogens is 2. The summed E-state index contributed by atoms with van der Waals surface area (Å²) in [7, 11) is 0. The smallest absolute Gasteiger partial charge is 0.244 e. The molecule has 3 aromatic carbocycles. The molecule has 3 aromatic rings. The number of amides is 2. The number of guanidine groups is 1. The molecule has 0 radical (unpaired) electrons. The van der Waals surface area contributed by atoms with Gasteiger partial charge < -0.3 is 26.6 Å². The molecule has 0 saturated carbocycles. The highest BCUT2D eigenvalue weighted by Gasteiger charge is 2.32. The number of hydrogen-bond acceptors (Lipinski definition) is 4. The van der Waals surface area contributed by atoms with Crippen molar-refractivity contribution in [3.05, 3.63) is 110 Å². The van der Waals surface area contributed by atoms with Crippen LogP contribution < -0.4 is 21.7 Å². The second-order valence-electron chi connectivity index (χ2n) is 10.6. The van der Waals surface area contributed by atoms with Crippen molar-refractivity contribution in [3.8, 4) is 0 Å². The maximum atomic E-state index is 13.9. The summed E-state index contributed by atoms with van der Waals surface area (Å²) in [5.41, 5.74) is 8.68. The lowest BCUT2D eigenvalue weighted by Gasteiger charge is -2.29. The largest absolute Gasteiger partial charge is 0.370 e. The van der Waals surface area contributed by atoms with Crippen LogP contribution in [0, 0.1) is 8.98 Å². The van der Waals surface area contributed by atoms with Gasteiger partial charge in [0.05, 0.1) is 6.04 Å². The first kappa shape index (κ1) is 32.5. The summed E-state index contributed by atoms with van der Waals surface area (Å²) in [6, 6.07) is 25.6. The number of carbonyl (C=O) groups excluding carboxylic acids is 2. The zero-order valence-corrected chi connectivity index (χ0v) is 26.9. The molecule has 2 amide bonds. The van der Waals surface area contributed by atoms with E-state index < -0.39 is 6.04 Å². The number of rotatable bonds is 12. The minimum absolute atomic E-state index is 0.0310. The average molecular weight is 713 g/mol. The molecule has 1 aliphatic rings. The lowest BCUT2D eigenvalue weighted by molar-refractivity contribution is -0.133. The van der Waals surface area contributed by atoms with Gasteiger partial charge in [-0.3, -0.25) is 15.0 Å². The molecule has 8 nitrogen and oxygen atoms in total. The molecule has 2 atom stereocenters. The van der Waals surface area contributed by atoms with Crippen molar-refractivity contribution in [1.82, 2.24) is 20.9 Å². The summed E-state index contributed by atoms with van der Waals surface area (Å²) < 4.78 is 0.963. The van der Waals surface area contributed by atoms with E-state index in [0.29, 0.717) is 50.5 Å². The summed E-state index contributed by atoms with van der Waals surface area (Å²) in [5.74, 6) is -0.207. The molecular weight excluding hydrogens is 675 g/mol. The average Bonchev–Trinajstić information content (AvgIpc) is 3.15. The highest BCUT2D eigenvalue weighted by atomic mass is 127. The van der Waals surface area contributed by atoms with Gasteiger partial charge in [0.15, 0.2) is 5.96 Å². The third kappa shape index (κ3) is 10.1. The Labute approximate surface area is 272 Å². The molecule has 0 unspecified atom stereocenters. The highest BCUT2D eigenvalue weighted by molar-refractivity contribution is 14.1. The van der Waals surface area contributed by atoms with Crippen LogP contribution in [-0.4, -0.2) is 60.9 Å². The van der Waals surface area contributed by atoms with E-state index >= 15 is 0 Å². The maximum Gasteiger partial charge on any atom is 0.244 e. The van der Waals surface area contributed by atoms with Crippen LogP contribution in [0.5, 0.6) is 0 Å². The van der Waals surface area contributed by atoms with E-state index in [1.807, 2.05) is 53.4 Å². The molecule has 0 spiro atoms. The van der Waals surface area contributed by atoms with Gasteiger partial charge in [0.1, 0.15) is 0 Å². The van der Waals surface area contributed by atoms with Crippen molar-refractivity contribution >= 4 is 58.0 Å². The molecule has 1 aliphatic heterocycles. The van der Waals surface area contributed by atoms with Gasteiger partial charge in [0.25, 0.3) is 0 Å². The molecule has 1 fully saturated rings. The number of hydrogen-bond donors (Lipinski definition) is 5. The van der Waals surface area contributed by atoms with E-state index in [4.69, 9.17) is 22.7 Å². The Balaban J connectivity index is 1.46. The van der Waals surface area contributed by atoms with Gasteiger partial charge >= 0.3 is 0 Å². The van der Waals surface area contributed by atoms with E-state index in [-0.39, 0.29) is 29.7 Å². The monoisotopic (exact) mass is 712 g/mol. The summed E-state index contributed by atoms with van der Waals surface area (Å²) >= 11 is 8.24. The lowest BCUT2D eigenvalue weighted by Crippen LogP contribution is -2.49. The van der Waals surface area contributed by atoms with Gasteiger partial charge in [-0.2, -0.15) is 0 Å². The van der Waals surface area contributed by atoms with E-state index in [1.165, 1.54) is 6.08 Å². The van der Waals surface area contributed by atoms with E-state index in [9.17, 15) is 9.59 Å². The first-order chi connectivity index (χ1) is 20.8. The molecule has 1 heterocycles. The van der Waals surface area contributed by atoms with Crippen LogP contribution in [0.15, 0.2) is 84.9 Å². The normalized spacial score (nSPS) is 17.2. The predicted molar refractivity (Wildman–Crippen MR) is 182 cm³/mol. The molecule has 10 heteroatoms. The van der Waals surface area contributed by atoms with Crippen molar-refractivity contribution in [2.24, 2.45) is 5.73 Å². The first-order valence-electron chi connectivity index (χ1n) is 14.4. The minimum Gasteiger partial charge on any atom is -0.370 e. The second kappa shape index (κ2) is 16.4. The Hall–Kier alpha value is -3.41. The summed E-state index contributed by atoms with van der Waals surface area (Å²) in [6.45, 7) is 2.03. The third-order valence-electron chi connectivity index (χ3n) is 7.49. The van der Waals surface area contributed by atoms with Crippen LogP contribution in [0.2, 0.25) is 5.02 Å². The van der Waals surface area contributed by atoms with Gasteiger partial charge in [0, 0.05) is 52.8 Å². The number of nitrogens with zero attached hydrogens (tertiary/aromatic N) is 1. The van der Waals surface area contributed by atoms with E-state index in [0.717, 1.165) is 20.3 Å². The minimum atomic E-state index is -0.420. The van der Waals surface area contributed by atoms with Crippen molar-refractivity contribution < 1.29 is 9.59 Å². The second-order valence-corrected chi connectivity index (χ2v) is 12.2. The van der Waals surface area contributed by atoms with Crippen molar-refractivity contribution in [3.63, 3.8) is 0 Å². The van der Waals surface area contributed by atoms with Crippen LogP contribution in [0.1, 0.15) is 41.9 Å². The van der Waals surface area contributed by atoms with Crippen LogP contribution >= 0.6 is 34.2 Å². The number of benzene rings is 3. The van der Waals surface area contributed by atoms with Crippen LogP contribution in [0.4, 0.5) is 0 Å². The Morgan fingerprint density at radius 3 is 2.40 bits per heavy atom. The van der Waals surface area contributed by atoms with E-state index in [1.54, 1.807) is 12.1 Å². The SMILES string of the molecule is N=C(N)NCCC[C@@H]1N[C@H](CNC(=O)/C=C/c2ccc(Cl)cc2I)CCN(CC(c2ccccc2)c2ccccc2)C1=O. The molecule has 43 heavy (non-hydrogen) atoms. The van der Waals surface area contributed by atoms with Crippen LogP contribution in [-0.2, 0) is 9.59 Å². The number of carbonyl (C=O) groups is 2. The van der Waals surface area contributed by atoms with Gasteiger partial charge in [-0.25, -0.2) is 0 Å². The Kier molecular flexibility index (Phi) is 12.4. The zero-order valence-electron chi connectivity index (χ0n) is 23.9. The number of nitrogens with two attached hydrogens (primary N) is 1. The molecule has 226 valence electrons. The summed E-state index contributed by atoms with van der Waals surface area (Å²) in [6.07, 6.45) is 5.24. The summed E-state index contributed by atoms with van der Waals surface area (Å²) in [5, 5.41) is 17.4. The fraction of sp³-hybridized carbons (Fsp3) is 0.303. The van der Waals surface area contributed by atoms with E-state index in [2.05, 4.69) is 62.8 Å². The Morgan fingerprint density at radius 2 is 1.77 bits per heavy atom. The topological polar surface area (TPSA) is 123 Å². The number of nitrogens with one attached hydrogen (secondary N) is 4. The standard InChI is InChI=1S/C33H38ClIN6O2/c34-26-15-13-25(29(35)20-26)14-16-31(42)39-21-27-17-19-41(32(43)30(40-27)12-7-18-38-33(36)37)22-28(23-8-3-1-4-9-23)24-10-5-2-6-11-24/h1-6,8-11,13-16,20,27-28,30,40H,7,12,17-19,21-22H2,(H,39,42)(H4,36,37,38)/b16-14+/t27-,30-/m0/s1. The van der Waals surface area contributed by atoms with Crippen LogP contribution in [0.25, 0.3) is 6.08 Å². The molecule has 1 saturated heterocycles. The van der Waals surface area contributed by atoms with Crippen LogP contribution in [0.3, 0.4) is 0 Å². The molecular formula is C33H38ClIN6O2. The zero-order chi connectivity index (χ0) is 30.6. The lowest BCUT2D eigenvalue weighted by atomic mass is 9.90. The Bertz CT molecular complexity index is 1370. The predicted octanol–water partition coefficient (Wildman–Crippen LogP) is 4.73. The quantitative estimate of drug-likeness (QED) is 0.0612. The van der Waals surface area contributed by atoms with Crippen molar-refractivity contribution in [2.45, 2.75) is 37.3 Å². The highest BCUT2D eigenvalue weighted by Crippen LogP contribution is 2.27. The molecule has 4 rings (SSSR count). The van der Waals surface area contributed by atoms with Crippen molar-refractivity contribution in [1.29, 1.82) is 5.41 Å².